The Labute approximate surface area is 198 Å². The number of methoxy groups -OCH3 is 2. The zero-order valence-corrected chi connectivity index (χ0v) is 19.7. The van der Waals surface area contributed by atoms with Crippen LogP contribution in [0.3, 0.4) is 0 Å². The molecule has 2 aromatic rings. The van der Waals surface area contributed by atoms with Crippen LogP contribution in [0.15, 0.2) is 58.7 Å². The van der Waals surface area contributed by atoms with Crippen LogP contribution in [-0.2, 0) is 0 Å². The molecular formula is C22H26N6O2S2. The molecule has 3 rings (SSSR count). The zero-order chi connectivity index (χ0) is 22.8. The number of hydrazone groups is 2. The van der Waals surface area contributed by atoms with E-state index in [9.17, 15) is 0 Å². The van der Waals surface area contributed by atoms with Gasteiger partial charge >= 0.3 is 0 Å². The Balaban J connectivity index is 1.39. The second-order valence-electron chi connectivity index (χ2n) is 6.87. The minimum atomic E-state index is 0.589. The van der Waals surface area contributed by atoms with Gasteiger partial charge in [-0.2, -0.15) is 10.2 Å². The fraction of sp³-hybridized carbons (Fsp3) is 0.273. The molecule has 0 radical (unpaired) electrons. The van der Waals surface area contributed by atoms with Gasteiger partial charge in [-0.05, 0) is 84.1 Å². The van der Waals surface area contributed by atoms with Gasteiger partial charge in [0.1, 0.15) is 11.5 Å². The van der Waals surface area contributed by atoms with Crippen molar-refractivity contribution in [1.29, 1.82) is 0 Å². The summed E-state index contributed by atoms with van der Waals surface area (Å²) in [4.78, 5) is 4.14. The van der Waals surface area contributed by atoms with Gasteiger partial charge in [-0.25, -0.2) is 0 Å². The molecule has 0 aromatic heterocycles. The van der Waals surface area contributed by atoms with Crippen LogP contribution < -0.4 is 20.3 Å². The normalized spacial score (nSPS) is 13.9. The first-order valence-electron chi connectivity index (χ1n) is 10.0. The van der Waals surface area contributed by atoms with Gasteiger partial charge in [-0.3, -0.25) is 10.9 Å². The Morgan fingerprint density at radius 3 is 1.38 bits per heavy atom. The van der Waals surface area contributed by atoms with Crippen molar-refractivity contribution in [1.82, 2.24) is 20.7 Å². The van der Waals surface area contributed by atoms with Crippen molar-refractivity contribution in [2.24, 2.45) is 10.2 Å². The van der Waals surface area contributed by atoms with Gasteiger partial charge < -0.3 is 19.3 Å². The minimum absolute atomic E-state index is 0.589. The van der Waals surface area contributed by atoms with Crippen LogP contribution in [0, 0.1) is 0 Å². The molecule has 10 heteroatoms. The number of piperazine rings is 1. The standard InChI is InChI=1S/C22H26N6O2S2/c1-29-19-7-3-17(4-8-19)15-23-25-21(31)27-11-13-28(14-12-27)22(32)26-24-16-18-5-9-20(30-2)10-6-18/h3-10,15-16H,11-14H2,1-2H3,(H,25,31)(H,26,32)/b23-15+,24-16+. The summed E-state index contributed by atoms with van der Waals surface area (Å²) in [5.41, 5.74) is 7.77. The summed E-state index contributed by atoms with van der Waals surface area (Å²) in [5, 5.41) is 9.64. The summed E-state index contributed by atoms with van der Waals surface area (Å²) in [6.07, 6.45) is 3.45. The van der Waals surface area contributed by atoms with Crippen LogP contribution in [0.4, 0.5) is 0 Å². The van der Waals surface area contributed by atoms with Gasteiger partial charge in [-0.1, -0.05) is 0 Å². The molecule has 32 heavy (non-hydrogen) atoms. The van der Waals surface area contributed by atoms with Gasteiger partial charge in [0.25, 0.3) is 0 Å². The van der Waals surface area contributed by atoms with E-state index in [2.05, 4.69) is 30.9 Å². The number of hydrogen-bond acceptors (Lipinski definition) is 6. The first-order valence-corrected chi connectivity index (χ1v) is 10.8. The van der Waals surface area contributed by atoms with Gasteiger partial charge in [0.2, 0.25) is 0 Å². The maximum Gasteiger partial charge on any atom is 0.189 e. The molecule has 1 saturated heterocycles. The predicted molar refractivity (Wildman–Crippen MR) is 136 cm³/mol. The predicted octanol–water partition coefficient (Wildman–Crippen LogP) is 2.44. The summed E-state index contributed by atoms with van der Waals surface area (Å²) < 4.78 is 10.3. The molecule has 0 atom stereocenters. The van der Waals surface area contributed by atoms with Crippen molar-refractivity contribution in [3.05, 3.63) is 59.7 Å². The molecule has 0 unspecified atom stereocenters. The molecule has 2 N–H and O–H groups in total. The third-order valence-electron chi connectivity index (χ3n) is 4.83. The van der Waals surface area contributed by atoms with E-state index in [4.69, 9.17) is 33.9 Å². The highest BCUT2D eigenvalue weighted by atomic mass is 32.1. The Hall–Kier alpha value is -3.24. The summed E-state index contributed by atoms with van der Waals surface area (Å²) in [6.45, 7) is 2.98. The van der Waals surface area contributed by atoms with Crippen LogP contribution in [0.2, 0.25) is 0 Å². The van der Waals surface area contributed by atoms with Crippen molar-refractivity contribution < 1.29 is 9.47 Å². The van der Waals surface area contributed by atoms with E-state index in [0.717, 1.165) is 48.8 Å². The van der Waals surface area contributed by atoms with Crippen molar-refractivity contribution in [3.8, 4) is 11.5 Å². The van der Waals surface area contributed by atoms with Crippen molar-refractivity contribution in [2.45, 2.75) is 0 Å². The summed E-state index contributed by atoms with van der Waals surface area (Å²) in [6, 6.07) is 15.3. The van der Waals surface area contributed by atoms with E-state index in [0.29, 0.717) is 10.2 Å². The molecule has 1 fully saturated rings. The van der Waals surface area contributed by atoms with Gasteiger partial charge in [0.05, 0.1) is 26.6 Å². The van der Waals surface area contributed by atoms with Crippen molar-refractivity contribution >= 4 is 47.1 Å². The van der Waals surface area contributed by atoms with E-state index in [1.54, 1.807) is 26.6 Å². The molecule has 0 aliphatic carbocycles. The van der Waals surface area contributed by atoms with Gasteiger partial charge in [0, 0.05) is 26.2 Å². The molecule has 168 valence electrons. The number of thiocarbonyl (C=S) groups is 2. The van der Waals surface area contributed by atoms with E-state index in [1.807, 2.05) is 48.5 Å². The monoisotopic (exact) mass is 470 g/mol. The molecular weight excluding hydrogens is 444 g/mol. The number of hydrogen-bond donors (Lipinski definition) is 2. The maximum atomic E-state index is 5.46. The SMILES string of the molecule is COc1ccc(/C=N/NC(=S)N2CCN(C(=S)N/N=C/c3ccc(OC)cc3)CC2)cc1. The summed E-state index contributed by atoms with van der Waals surface area (Å²) in [7, 11) is 3.28. The fourth-order valence-electron chi connectivity index (χ4n) is 2.96. The lowest BCUT2D eigenvalue weighted by atomic mass is 10.2. The lowest BCUT2D eigenvalue weighted by Gasteiger charge is -2.36. The maximum absolute atomic E-state index is 5.46. The smallest absolute Gasteiger partial charge is 0.189 e. The highest BCUT2D eigenvalue weighted by Crippen LogP contribution is 2.10. The molecule has 0 saturated carbocycles. The van der Waals surface area contributed by atoms with Crippen LogP contribution in [0.1, 0.15) is 11.1 Å². The average Bonchev–Trinajstić information content (AvgIpc) is 2.85. The average molecular weight is 471 g/mol. The van der Waals surface area contributed by atoms with Crippen LogP contribution in [0.25, 0.3) is 0 Å². The molecule has 8 nitrogen and oxygen atoms in total. The van der Waals surface area contributed by atoms with E-state index >= 15 is 0 Å². The van der Waals surface area contributed by atoms with Gasteiger partial charge in [-0.15, -0.1) is 0 Å². The number of benzene rings is 2. The quantitative estimate of drug-likeness (QED) is 0.379. The van der Waals surface area contributed by atoms with E-state index < -0.39 is 0 Å². The Kier molecular flexibility index (Phi) is 8.76. The Morgan fingerprint density at radius 1 is 0.719 bits per heavy atom. The molecule has 1 aliphatic heterocycles. The summed E-state index contributed by atoms with van der Waals surface area (Å²) in [5.74, 6) is 1.62. The van der Waals surface area contributed by atoms with Crippen LogP contribution in [-0.4, -0.2) is 72.9 Å². The topological polar surface area (TPSA) is 73.7 Å². The zero-order valence-electron chi connectivity index (χ0n) is 18.0. The molecule has 0 spiro atoms. The highest BCUT2D eigenvalue weighted by Gasteiger charge is 2.20. The van der Waals surface area contributed by atoms with E-state index in [1.165, 1.54) is 0 Å². The van der Waals surface area contributed by atoms with Gasteiger partial charge in [0.15, 0.2) is 10.2 Å². The molecule has 0 amide bonds. The van der Waals surface area contributed by atoms with Crippen molar-refractivity contribution in [3.63, 3.8) is 0 Å². The summed E-state index contributed by atoms with van der Waals surface area (Å²) >= 11 is 10.9. The van der Waals surface area contributed by atoms with Crippen LogP contribution in [0.5, 0.6) is 11.5 Å². The highest BCUT2D eigenvalue weighted by molar-refractivity contribution is 7.80. The Morgan fingerprint density at radius 2 is 1.06 bits per heavy atom. The number of nitrogens with one attached hydrogen (secondary N) is 2. The third kappa shape index (κ3) is 6.89. The van der Waals surface area contributed by atoms with E-state index in [-0.39, 0.29) is 0 Å². The molecule has 2 aromatic carbocycles. The number of rotatable bonds is 6. The lowest BCUT2D eigenvalue weighted by molar-refractivity contribution is 0.255. The second-order valence-corrected chi connectivity index (χ2v) is 7.64. The first-order chi connectivity index (χ1) is 15.6. The minimum Gasteiger partial charge on any atom is -0.497 e. The molecule has 1 heterocycles. The second kappa shape index (κ2) is 12.0. The van der Waals surface area contributed by atoms with Crippen molar-refractivity contribution in [2.75, 3.05) is 40.4 Å². The largest absolute Gasteiger partial charge is 0.497 e. The molecule has 1 aliphatic rings. The Bertz CT molecular complexity index is 876. The lowest BCUT2D eigenvalue weighted by Crippen LogP contribution is -2.53. The van der Waals surface area contributed by atoms with Crippen LogP contribution >= 0.6 is 24.4 Å². The first kappa shape index (κ1) is 23.4. The molecule has 0 bridgehead atoms. The fourth-order valence-corrected chi connectivity index (χ4v) is 3.43. The number of ether oxygens (including phenoxy) is 2. The third-order valence-corrected chi connectivity index (χ3v) is 5.53. The number of nitrogens with zero attached hydrogens (tertiary/aromatic N) is 4.